The van der Waals surface area contributed by atoms with Crippen LogP contribution in [0.25, 0.3) is 0 Å². The van der Waals surface area contributed by atoms with Crippen LogP contribution in [0.4, 0.5) is 5.69 Å². The van der Waals surface area contributed by atoms with Crippen molar-refractivity contribution in [3.8, 4) is 11.8 Å². The molecule has 1 aromatic carbocycles. The maximum atomic E-state index is 12.8. The van der Waals surface area contributed by atoms with Crippen molar-refractivity contribution < 1.29 is 19.1 Å². The lowest BCUT2D eigenvalue weighted by atomic mass is 9.34. The number of methoxy groups -OCH3 is 1. The van der Waals surface area contributed by atoms with E-state index in [-0.39, 0.29) is 11.9 Å². The van der Waals surface area contributed by atoms with Gasteiger partial charge in [-0.2, -0.15) is 0 Å². The minimum absolute atomic E-state index is 0.171. The molecule has 0 saturated heterocycles. The zero-order valence-electron chi connectivity index (χ0n) is 15.4. The Bertz CT molecular complexity index is 957. The number of hydrogen-bond acceptors (Lipinski definition) is 6. The Morgan fingerprint density at radius 1 is 1.29 bits per heavy atom. The van der Waals surface area contributed by atoms with Crippen molar-refractivity contribution in [2.45, 2.75) is 25.4 Å². The van der Waals surface area contributed by atoms with Crippen LogP contribution in [0.1, 0.15) is 18.4 Å². The summed E-state index contributed by atoms with van der Waals surface area (Å²) in [5.74, 6) is -0.739. The number of aryl methyl sites for hydroxylation is 1. The Morgan fingerprint density at radius 3 is 2.54 bits per heavy atom. The van der Waals surface area contributed by atoms with Crippen molar-refractivity contribution in [2.75, 3.05) is 12.4 Å². The highest BCUT2D eigenvalue weighted by Gasteiger charge is 2.81. The smallest absolute Gasteiger partial charge is 0.321 e. The SMILES string of the molecule is COC12CC(C(N)=O)(C1)C2C(=O)Nc1ccc(Oc2ncc(Cl)cn2)c(C)c1. The summed E-state index contributed by atoms with van der Waals surface area (Å²) in [5.41, 5.74) is 5.52. The fraction of sp³-hybridized carbons (Fsp3) is 0.368. The maximum absolute atomic E-state index is 12.8. The molecule has 5 rings (SSSR count). The van der Waals surface area contributed by atoms with E-state index < -0.39 is 22.8 Å². The lowest BCUT2D eigenvalue weighted by molar-refractivity contribution is -0.301. The van der Waals surface area contributed by atoms with Crippen LogP contribution in [0, 0.1) is 18.3 Å². The average molecular weight is 403 g/mol. The molecule has 28 heavy (non-hydrogen) atoms. The molecular formula is C19H19ClN4O4. The maximum Gasteiger partial charge on any atom is 0.321 e. The van der Waals surface area contributed by atoms with Gasteiger partial charge in [-0.1, -0.05) is 11.6 Å². The van der Waals surface area contributed by atoms with E-state index >= 15 is 0 Å². The third-order valence-electron chi connectivity index (χ3n) is 5.71. The molecular weight excluding hydrogens is 384 g/mol. The van der Waals surface area contributed by atoms with E-state index in [1.54, 1.807) is 25.3 Å². The molecule has 0 aliphatic heterocycles. The fourth-order valence-corrected chi connectivity index (χ4v) is 4.34. The Morgan fingerprint density at radius 2 is 1.96 bits per heavy atom. The number of ether oxygens (including phenoxy) is 2. The second-order valence-corrected chi connectivity index (χ2v) is 7.77. The van der Waals surface area contributed by atoms with E-state index in [1.807, 2.05) is 6.92 Å². The van der Waals surface area contributed by atoms with Gasteiger partial charge in [-0.3, -0.25) is 9.59 Å². The molecule has 3 fully saturated rings. The third kappa shape index (κ3) is 2.71. The van der Waals surface area contributed by atoms with Gasteiger partial charge in [0.1, 0.15) is 5.75 Å². The number of hydrogen-bond donors (Lipinski definition) is 2. The number of rotatable bonds is 6. The molecule has 1 atom stereocenters. The van der Waals surface area contributed by atoms with Gasteiger partial charge in [0.15, 0.2) is 0 Å². The largest absolute Gasteiger partial charge is 0.424 e. The van der Waals surface area contributed by atoms with Crippen LogP contribution in [-0.2, 0) is 14.3 Å². The molecule has 2 bridgehead atoms. The van der Waals surface area contributed by atoms with E-state index in [9.17, 15) is 9.59 Å². The minimum atomic E-state index is -0.788. The molecule has 0 spiro atoms. The number of aromatic nitrogens is 2. The standard InChI is InChI=1S/C19H19ClN4O4/c1-10-5-12(3-4-13(10)28-17-22-6-11(20)7-23-17)24-15(25)14-18(16(21)26)8-19(14,9-18)27-2/h3-7,14H,8-9H2,1-2H3,(H2,21,26)(H,24,25). The van der Waals surface area contributed by atoms with Gasteiger partial charge in [-0.25, -0.2) is 9.97 Å². The van der Waals surface area contributed by atoms with Crippen molar-refractivity contribution in [3.05, 3.63) is 41.2 Å². The molecule has 1 aromatic heterocycles. The van der Waals surface area contributed by atoms with E-state index in [4.69, 9.17) is 26.8 Å². The molecule has 1 unspecified atom stereocenters. The first-order chi connectivity index (χ1) is 13.3. The summed E-state index contributed by atoms with van der Waals surface area (Å²) in [6.45, 7) is 1.84. The topological polar surface area (TPSA) is 116 Å². The van der Waals surface area contributed by atoms with Gasteiger partial charge < -0.3 is 20.5 Å². The molecule has 3 aliphatic rings. The second kappa shape index (κ2) is 6.42. The van der Waals surface area contributed by atoms with Gasteiger partial charge in [0.2, 0.25) is 11.8 Å². The molecule has 146 valence electrons. The van der Waals surface area contributed by atoms with Gasteiger partial charge in [-0.05, 0) is 43.5 Å². The molecule has 1 heterocycles. The van der Waals surface area contributed by atoms with Crippen LogP contribution < -0.4 is 15.8 Å². The van der Waals surface area contributed by atoms with Crippen molar-refractivity contribution in [1.82, 2.24) is 9.97 Å². The lowest BCUT2D eigenvalue weighted by Crippen LogP contribution is -2.82. The minimum Gasteiger partial charge on any atom is -0.424 e. The van der Waals surface area contributed by atoms with Gasteiger partial charge in [-0.15, -0.1) is 0 Å². The average Bonchev–Trinajstić information content (AvgIpc) is 2.57. The van der Waals surface area contributed by atoms with Crippen LogP contribution in [0.15, 0.2) is 30.6 Å². The summed E-state index contributed by atoms with van der Waals surface area (Å²) in [6.07, 6.45) is 3.88. The van der Waals surface area contributed by atoms with Crippen molar-refractivity contribution in [2.24, 2.45) is 17.1 Å². The highest BCUT2D eigenvalue weighted by molar-refractivity contribution is 6.30. The second-order valence-electron chi connectivity index (χ2n) is 7.33. The number of anilines is 1. The number of halogens is 1. The summed E-state index contributed by atoms with van der Waals surface area (Å²) in [6, 6.07) is 5.35. The summed E-state index contributed by atoms with van der Waals surface area (Å²) in [5, 5.41) is 3.27. The quantitative estimate of drug-likeness (QED) is 0.766. The zero-order valence-corrected chi connectivity index (χ0v) is 16.1. The Labute approximate surface area is 166 Å². The van der Waals surface area contributed by atoms with Gasteiger partial charge >= 0.3 is 6.01 Å². The van der Waals surface area contributed by atoms with Gasteiger partial charge in [0.25, 0.3) is 0 Å². The van der Waals surface area contributed by atoms with Gasteiger partial charge in [0, 0.05) is 12.8 Å². The Balaban J connectivity index is 1.47. The number of nitrogens with one attached hydrogen (secondary N) is 1. The summed E-state index contributed by atoms with van der Waals surface area (Å²) in [7, 11) is 1.56. The Kier molecular flexibility index (Phi) is 4.28. The summed E-state index contributed by atoms with van der Waals surface area (Å²) >= 11 is 5.76. The molecule has 9 heteroatoms. The summed E-state index contributed by atoms with van der Waals surface area (Å²) in [4.78, 5) is 32.6. The molecule has 2 aromatic rings. The normalized spacial score (nSPS) is 27.3. The zero-order chi connectivity index (χ0) is 20.1. The first-order valence-corrected chi connectivity index (χ1v) is 9.09. The van der Waals surface area contributed by atoms with E-state index in [0.29, 0.717) is 29.3 Å². The van der Waals surface area contributed by atoms with Crippen LogP contribution in [0.3, 0.4) is 0 Å². The van der Waals surface area contributed by atoms with Crippen molar-refractivity contribution >= 4 is 29.1 Å². The monoisotopic (exact) mass is 402 g/mol. The number of carbonyl (C=O) groups is 2. The lowest BCUT2D eigenvalue weighted by Gasteiger charge is -2.72. The van der Waals surface area contributed by atoms with Crippen LogP contribution in [0.5, 0.6) is 11.8 Å². The highest BCUT2D eigenvalue weighted by Crippen LogP contribution is 2.73. The van der Waals surface area contributed by atoms with E-state index in [0.717, 1.165) is 5.56 Å². The predicted molar refractivity (Wildman–Crippen MR) is 101 cm³/mol. The molecule has 3 aliphatic carbocycles. The number of nitrogens with two attached hydrogens (primary N) is 1. The van der Waals surface area contributed by atoms with Crippen LogP contribution in [-0.4, -0.2) is 34.5 Å². The first-order valence-electron chi connectivity index (χ1n) is 8.72. The first kappa shape index (κ1) is 18.6. The number of carbonyl (C=O) groups excluding carboxylic acids is 2. The van der Waals surface area contributed by atoms with Crippen molar-refractivity contribution in [1.29, 1.82) is 0 Å². The molecule has 8 nitrogen and oxygen atoms in total. The predicted octanol–water partition coefficient (Wildman–Crippen LogP) is 2.45. The third-order valence-corrected chi connectivity index (χ3v) is 5.90. The van der Waals surface area contributed by atoms with Crippen LogP contribution >= 0.6 is 11.6 Å². The number of amides is 2. The highest BCUT2D eigenvalue weighted by atomic mass is 35.5. The summed E-state index contributed by atoms with van der Waals surface area (Å²) < 4.78 is 11.1. The van der Waals surface area contributed by atoms with Gasteiger partial charge in [0.05, 0.1) is 34.4 Å². The van der Waals surface area contributed by atoms with E-state index in [1.165, 1.54) is 12.4 Å². The Hall–Kier alpha value is -2.71. The number of primary amides is 1. The fourth-order valence-electron chi connectivity index (χ4n) is 4.24. The molecule has 0 radical (unpaired) electrons. The van der Waals surface area contributed by atoms with Crippen molar-refractivity contribution in [3.63, 3.8) is 0 Å². The molecule has 3 N–H and O–H groups in total. The molecule has 2 amide bonds. The number of benzene rings is 1. The van der Waals surface area contributed by atoms with E-state index in [2.05, 4.69) is 15.3 Å². The number of nitrogens with zero attached hydrogens (tertiary/aromatic N) is 2. The molecule has 3 saturated carbocycles. The van der Waals surface area contributed by atoms with Crippen LogP contribution in [0.2, 0.25) is 5.02 Å².